The largest absolute Gasteiger partial charge is 0.338 e. The van der Waals surface area contributed by atoms with E-state index in [9.17, 15) is 4.79 Å². The van der Waals surface area contributed by atoms with Crippen LogP contribution in [0.25, 0.3) is 0 Å². The molecule has 1 heterocycles. The molecule has 98 valence electrons. The van der Waals surface area contributed by atoms with E-state index in [1.807, 2.05) is 4.90 Å². The van der Waals surface area contributed by atoms with Gasteiger partial charge in [0.25, 0.3) is 0 Å². The standard InChI is InChI=1S/C13H25N3O/c14-12-6-4-5-11(9-12)10-15-13(17)16-7-2-1-3-8-16/h11-12H,1-10,14H2,(H,15,17). The highest BCUT2D eigenvalue weighted by Crippen LogP contribution is 2.22. The summed E-state index contributed by atoms with van der Waals surface area (Å²) in [6, 6.07) is 0.476. The number of likely N-dealkylation sites (tertiary alicyclic amines) is 1. The first-order valence-corrected chi connectivity index (χ1v) is 7.04. The highest BCUT2D eigenvalue weighted by Gasteiger charge is 2.21. The Hall–Kier alpha value is -0.770. The predicted octanol–water partition coefficient (Wildman–Crippen LogP) is 1.70. The molecule has 1 saturated carbocycles. The quantitative estimate of drug-likeness (QED) is 0.770. The molecular formula is C13H25N3O. The fraction of sp³-hybridized carbons (Fsp3) is 0.923. The van der Waals surface area contributed by atoms with Crippen LogP contribution in [0.2, 0.25) is 0 Å². The second-order valence-electron chi connectivity index (χ2n) is 5.53. The minimum Gasteiger partial charge on any atom is -0.338 e. The monoisotopic (exact) mass is 239 g/mol. The fourth-order valence-electron chi connectivity index (χ4n) is 2.96. The molecule has 0 aromatic rings. The van der Waals surface area contributed by atoms with Gasteiger partial charge in [0, 0.05) is 25.7 Å². The van der Waals surface area contributed by atoms with Crippen molar-refractivity contribution in [3.8, 4) is 0 Å². The van der Waals surface area contributed by atoms with Crippen LogP contribution in [-0.2, 0) is 0 Å². The zero-order chi connectivity index (χ0) is 12.1. The maximum atomic E-state index is 11.9. The minimum absolute atomic E-state index is 0.129. The number of nitrogens with one attached hydrogen (secondary N) is 1. The summed E-state index contributed by atoms with van der Waals surface area (Å²) in [4.78, 5) is 13.9. The molecule has 1 aliphatic heterocycles. The Bertz CT molecular complexity index is 251. The maximum absolute atomic E-state index is 11.9. The first kappa shape index (κ1) is 12.7. The molecule has 0 spiro atoms. The summed E-state index contributed by atoms with van der Waals surface area (Å²) in [6.45, 7) is 2.66. The Balaban J connectivity index is 1.68. The average Bonchev–Trinajstić information content (AvgIpc) is 2.37. The lowest BCUT2D eigenvalue weighted by atomic mass is 9.86. The van der Waals surface area contributed by atoms with Crippen molar-refractivity contribution in [1.29, 1.82) is 0 Å². The summed E-state index contributed by atoms with van der Waals surface area (Å²) >= 11 is 0. The van der Waals surface area contributed by atoms with Crippen LogP contribution in [0.3, 0.4) is 0 Å². The van der Waals surface area contributed by atoms with E-state index in [1.165, 1.54) is 19.3 Å². The normalized spacial score (nSPS) is 30.1. The van der Waals surface area contributed by atoms with Crippen LogP contribution >= 0.6 is 0 Å². The van der Waals surface area contributed by atoms with Gasteiger partial charge in [-0.2, -0.15) is 0 Å². The topological polar surface area (TPSA) is 58.4 Å². The fourth-order valence-corrected chi connectivity index (χ4v) is 2.96. The second-order valence-corrected chi connectivity index (χ2v) is 5.53. The maximum Gasteiger partial charge on any atom is 0.317 e. The van der Waals surface area contributed by atoms with Crippen molar-refractivity contribution in [1.82, 2.24) is 10.2 Å². The van der Waals surface area contributed by atoms with Crippen LogP contribution in [0.1, 0.15) is 44.9 Å². The van der Waals surface area contributed by atoms with E-state index in [-0.39, 0.29) is 6.03 Å². The Morgan fingerprint density at radius 2 is 1.94 bits per heavy atom. The summed E-state index contributed by atoms with van der Waals surface area (Å²) in [6.07, 6.45) is 8.22. The van der Waals surface area contributed by atoms with Gasteiger partial charge in [-0.05, 0) is 44.4 Å². The third-order valence-electron chi connectivity index (χ3n) is 4.01. The molecule has 4 heteroatoms. The number of carbonyl (C=O) groups excluding carboxylic acids is 1. The molecule has 0 bridgehead atoms. The number of piperidine rings is 1. The molecule has 0 aromatic carbocycles. The van der Waals surface area contributed by atoms with Crippen molar-refractivity contribution in [3.05, 3.63) is 0 Å². The first-order chi connectivity index (χ1) is 8.25. The van der Waals surface area contributed by atoms with Crippen LogP contribution < -0.4 is 11.1 Å². The predicted molar refractivity (Wildman–Crippen MR) is 68.8 cm³/mol. The number of rotatable bonds is 2. The molecule has 2 aliphatic rings. The Morgan fingerprint density at radius 1 is 1.18 bits per heavy atom. The molecule has 2 atom stereocenters. The third kappa shape index (κ3) is 3.87. The minimum atomic E-state index is 0.129. The summed E-state index contributed by atoms with van der Waals surface area (Å²) in [5.74, 6) is 0.590. The molecule has 0 radical (unpaired) electrons. The average molecular weight is 239 g/mol. The van der Waals surface area contributed by atoms with Gasteiger partial charge in [-0.1, -0.05) is 6.42 Å². The summed E-state index contributed by atoms with van der Waals surface area (Å²) < 4.78 is 0. The van der Waals surface area contributed by atoms with E-state index < -0.39 is 0 Å². The summed E-state index contributed by atoms with van der Waals surface area (Å²) in [5, 5.41) is 3.07. The van der Waals surface area contributed by atoms with Gasteiger partial charge < -0.3 is 16.0 Å². The number of nitrogens with two attached hydrogens (primary N) is 1. The molecule has 2 rings (SSSR count). The first-order valence-electron chi connectivity index (χ1n) is 7.04. The van der Waals surface area contributed by atoms with Crippen LogP contribution in [-0.4, -0.2) is 36.6 Å². The van der Waals surface area contributed by atoms with Gasteiger partial charge in [0.1, 0.15) is 0 Å². The van der Waals surface area contributed by atoms with E-state index in [0.29, 0.717) is 12.0 Å². The van der Waals surface area contributed by atoms with Gasteiger partial charge in [0.05, 0.1) is 0 Å². The van der Waals surface area contributed by atoms with Gasteiger partial charge >= 0.3 is 6.03 Å². The lowest BCUT2D eigenvalue weighted by Crippen LogP contribution is -2.45. The number of hydrogen-bond acceptors (Lipinski definition) is 2. The molecule has 3 N–H and O–H groups in total. The molecule has 2 fully saturated rings. The smallest absolute Gasteiger partial charge is 0.317 e. The summed E-state index contributed by atoms with van der Waals surface area (Å²) in [7, 11) is 0. The number of carbonyl (C=O) groups is 1. The molecule has 4 nitrogen and oxygen atoms in total. The lowest BCUT2D eigenvalue weighted by molar-refractivity contribution is 0.182. The van der Waals surface area contributed by atoms with E-state index in [4.69, 9.17) is 5.73 Å². The van der Waals surface area contributed by atoms with Crippen LogP contribution in [0.15, 0.2) is 0 Å². The van der Waals surface area contributed by atoms with Gasteiger partial charge in [-0.15, -0.1) is 0 Å². The number of urea groups is 1. The van der Waals surface area contributed by atoms with Crippen LogP contribution in [0.5, 0.6) is 0 Å². The molecule has 1 aliphatic carbocycles. The van der Waals surface area contributed by atoms with Crippen molar-refractivity contribution in [3.63, 3.8) is 0 Å². The van der Waals surface area contributed by atoms with Crippen molar-refractivity contribution in [2.24, 2.45) is 11.7 Å². The number of amides is 2. The van der Waals surface area contributed by atoms with Crippen LogP contribution in [0.4, 0.5) is 4.79 Å². The SMILES string of the molecule is NC1CCCC(CNC(=O)N2CCCCC2)C1. The van der Waals surface area contributed by atoms with Crippen molar-refractivity contribution in [2.75, 3.05) is 19.6 Å². The van der Waals surface area contributed by atoms with Gasteiger partial charge in [0.2, 0.25) is 0 Å². The molecule has 2 amide bonds. The van der Waals surface area contributed by atoms with E-state index in [0.717, 1.165) is 45.3 Å². The lowest BCUT2D eigenvalue weighted by Gasteiger charge is -2.30. The van der Waals surface area contributed by atoms with Crippen LogP contribution in [0, 0.1) is 5.92 Å². The summed E-state index contributed by atoms with van der Waals surface area (Å²) in [5.41, 5.74) is 5.95. The molecule has 0 aromatic heterocycles. The van der Waals surface area contributed by atoms with Crippen molar-refractivity contribution in [2.45, 2.75) is 51.0 Å². The van der Waals surface area contributed by atoms with Gasteiger partial charge in [-0.3, -0.25) is 0 Å². The number of nitrogens with zero attached hydrogens (tertiary/aromatic N) is 1. The number of hydrogen-bond donors (Lipinski definition) is 2. The van der Waals surface area contributed by atoms with Crippen molar-refractivity contribution >= 4 is 6.03 Å². The van der Waals surface area contributed by atoms with Crippen molar-refractivity contribution < 1.29 is 4.79 Å². The van der Waals surface area contributed by atoms with E-state index in [1.54, 1.807) is 0 Å². The second kappa shape index (κ2) is 6.24. The molecule has 1 saturated heterocycles. The highest BCUT2D eigenvalue weighted by molar-refractivity contribution is 5.74. The molecule has 2 unspecified atom stereocenters. The third-order valence-corrected chi connectivity index (χ3v) is 4.01. The Labute approximate surface area is 104 Å². The molecular weight excluding hydrogens is 214 g/mol. The van der Waals surface area contributed by atoms with Gasteiger partial charge in [0.15, 0.2) is 0 Å². The zero-order valence-corrected chi connectivity index (χ0v) is 10.7. The highest BCUT2D eigenvalue weighted by atomic mass is 16.2. The zero-order valence-electron chi connectivity index (χ0n) is 10.7. The molecule has 17 heavy (non-hydrogen) atoms. The Kier molecular flexibility index (Phi) is 4.66. The van der Waals surface area contributed by atoms with Gasteiger partial charge in [-0.25, -0.2) is 4.79 Å². The van der Waals surface area contributed by atoms with E-state index in [2.05, 4.69) is 5.32 Å². The Morgan fingerprint density at radius 3 is 2.65 bits per heavy atom. The van der Waals surface area contributed by atoms with E-state index >= 15 is 0 Å².